The zero-order valence-electron chi connectivity index (χ0n) is 14.7. The van der Waals surface area contributed by atoms with E-state index in [0.29, 0.717) is 21.8 Å². The minimum atomic E-state index is -1.97. The number of aromatic nitrogens is 2. The van der Waals surface area contributed by atoms with E-state index in [9.17, 15) is 14.7 Å². The molecule has 0 fully saturated rings. The number of nitrogens with zero attached hydrogens (tertiary/aromatic N) is 2. The molecule has 4 rings (SSSR count). The molecule has 0 amide bonds. The predicted molar refractivity (Wildman–Crippen MR) is 105 cm³/mol. The second-order valence-electron chi connectivity index (χ2n) is 6.16. The SMILES string of the molecule is O=C(OCc1cc(=O)n2ccsc2n1)C(O)(c1ccccc1)c1ccccc1. The largest absolute Gasteiger partial charge is 0.457 e. The van der Waals surface area contributed by atoms with Gasteiger partial charge >= 0.3 is 5.97 Å². The number of benzene rings is 2. The number of rotatable bonds is 5. The molecule has 0 aliphatic rings. The number of carbonyl (C=O) groups excluding carboxylic acids is 1. The Bertz CT molecular complexity index is 1130. The molecular weight excluding hydrogens is 376 g/mol. The van der Waals surface area contributed by atoms with Crippen molar-refractivity contribution in [2.24, 2.45) is 0 Å². The molecule has 4 aromatic rings. The molecule has 2 aromatic heterocycles. The smallest absolute Gasteiger partial charge is 0.348 e. The van der Waals surface area contributed by atoms with Crippen LogP contribution in [0.25, 0.3) is 4.96 Å². The Kier molecular flexibility index (Phi) is 4.77. The van der Waals surface area contributed by atoms with Crippen LogP contribution in [0.1, 0.15) is 16.8 Å². The summed E-state index contributed by atoms with van der Waals surface area (Å²) in [5, 5.41) is 13.1. The summed E-state index contributed by atoms with van der Waals surface area (Å²) in [5.41, 5.74) is -1.10. The van der Waals surface area contributed by atoms with Gasteiger partial charge in [-0.3, -0.25) is 9.20 Å². The van der Waals surface area contributed by atoms with Crippen LogP contribution in [-0.2, 0) is 21.7 Å². The molecule has 0 aliphatic carbocycles. The van der Waals surface area contributed by atoms with Crippen LogP contribution in [0, 0.1) is 0 Å². The Balaban J connectivity index is 1.65. The van der Waals surface area contributed by atoms with Crippen LogP contribution >= 0.6 is 11.3 Å². The highest BCUT2D eigenvalue weighted by atomic mass is 32.1. The first-order valence-electron chi connectivity index (χ1n) is 8.55. The zero-order valence-corrected chi connectivity index (χ0v) is 15.5. The summed E-state index contributed by atoms with van der Waals surface area (Å²) in [7, 11) is 0. The Morgan fingerprint density at radius 2 is 1.68 bits per heavy atom. The number of aliphatic hydroxyl groups is 1. The van der Waals surface area contributed by atoms with Gasteiger partial charge in [0.25, 0.3) is 5.56 Å². The Morgan fingerprint density at radius 1 is 1.07 bits per heavy atom. The van der Waals surface area contributed by atoms with E-state index in [2.05, 4.69) is 4.98 Å². The van der Waals surface area contributed by atoms with Crippen LogP contribution in [-0.4, -0.2) is 20.5 Å². The average Bonchev–Trinajstić information content (AvgIpc) is 3.22. The highest BCUT2D eigenvalue weighted by Gasteiger charge is 2.41. The van der Waals surface area contributed by atoms with Crippen molar-refractivity contribution in [3.63, 3.8) is 0 Å². The second kappa shape index (κ2) is 7.38. The van der Waals surface area contributed by atoms with E-state index >= 15 is 0 Å². The fraction of sp³-hybridized carbons (Fsp3) is 0.0952. The molecule has 0 saturated carbocycles. The zero-order chi connectivity index (χ0) is 19.6. The Hall–Kier alpha value is -3.29. The van der Waals surface area contributed by atoms with Gasteiger partial charge in [0, 0.05) is 17.6 Å². The third-order valence-corrected chi connectivity index (χ3v) is 5.14. The molecule has 7 heteroatoms. The summed E-state index contributed by atoms with van der Waals surface area (Å²) in [6.07, 6.45) is 1.63. The Morgan fingerprint density at radius 3 is 2.29 bits per heavy atom. The van der Waals surface area contributed by atoms with E-state index in [1.54, 1.807) is 72.2 Å². The topological polar surface area (TPSA) is 80.9 Å². The maximum atomic E-state index is 13.0. The lowest BCUT2D eigenvalue weighted by atomic mass is 9.86. The summed E-state index contributed by atoms with van der Waals surface area (Å²) in [6, 6.07) is 18.5. The molecule has 6 nitrogen and oxygen atoms in total. The highest BCUT2D eigenvalue weighted by molar-refractivity contribution is 7.15. The summed E-state index contributed by atoms with van der Waals surface area (Å²) < 4.78 is 6.80. The molecular formula is C21H16N2O4S. The van der Waals surface area contributed by atoms with Gasteiger partial charge in [-0.15, -0.1) is 11.3 Å². The lowest BCUT2D eigenvalue weighted by Crippen LogP contribution is -2.38. The van der Waals surface area contributed by atoms with Crippen molar-refractivity contribution in [2.75, 3.05) is 0 Å². The second-order valence-corrected chi connectivity index (χ2v) is 7.03. The van der Waals surface area contributed by atoms with Crippen molar-refractivity contribution < 1.29 is 14.6 Å². The molecule has 0 aliphatic heterocycles. The number of carbonyl (C=O) groups is 1. The number of fused-ring (bicyclic) bond motifs is 1. The van der Waals surface area contributed by atoms with Gasteiger partial charge in [-0.2, -0.15) is 0 Å². The minimum Gasteiger partial charge on any atom is -0.457 e. The summed E-state index contributed by atoms with van der Waals surface area (Å²) in [6.45, 7) is -0.218. The molecule has 0 bridgehead atoms. The van der Waals surface area contributed by atoms with E-state index in [1.807, 2.05) is 0 Å². The quantitative estimate of drug-likeness (QED) is 0.528. The van der Waals surface area contributed by atoms with Crippen molar-refractivity contribution in [1.29, 1.82) is 0 Å². The van der Waals surface area contributed by atoms with Crippen LogP contribution in [0.15, 0.2) is 83.1 Å². The van der Waals surface area contributed by atoms with Crippen LogP contribution in [0.4, 0.5) is 0 Å². The standard InChI is InChI=1S/C21H16N2O4S/c24-18-13-17(22-20-23(18)11-12-28-20)14-27-19(25)21(26,15-7-3-1-4-8-15)16-9-5-2-6-10-16/h1-13,26H,14H2. The molecule has 0 unspecified atom stereocenters. The van der Waals surface area contributed by atoms with Crippen molar-refractivity contribution >= 4 is 22.3 Å². The molecule has 28 heavy (non-hydrogen) atoms. The molecule has 1 N–H and O–H groups in total. The lowest BCUT2D eigenvalue weighted by molar-refractivity contribution is -0.163. The van der Waals surface area contributed by atoms with Crippen LogP contribution in [0.5, 0.6) is 0 Å². The number of thiazole rings is 1. The molecule has 0 saturated heterocycles. The van der Waals surface area contributed by atoms with Gasteiger partial charge in [-0.25, -0.2) is 9.78 Å². The van der Waals surface area contributed by atoms with Gasteiger partial charge in [0.15, 0.2) is 4.96 Å². The van der Waals surface area contributed by atoms with Crippen LogP contribution < -0.4 is 5.56 Å². The molecule has 0 spiro atoms. The monoisotopic (exact) mass is 392 g/mol. The van der Waals surface area contributed by atoms with Gasteiger partial charge in [0.2, 0.25) is 5.60 Å². The number of esters is 1. The first-order valence-corrected chi connectivity index (χ1v) is 9.43. The van der Waals surface area contributed by atoms with Gasteiger partial charge in [-0.05, 0) is 11.1 Å². The number of hydrogen-bond donors (Lipinski definition) is 1. The third kappa shape index (κ3) is 3.21. The maximum absolute atomic E-state index is 13.0. The fourth-order valence-electron chi connectivity index (χ4n) is 2.97. The molecule has 0 atom stereocenters. The minimum absolute atomic E-state index is 0.218. The Labute approximate surface area is 164 Å². The van der Waals surface area contributed by atoms with E-state index in [1.165, 1.54) is 21.8 Å². The molecule has 0 radical (unpaired) electrons. The first kappa shape index (κ1) is 18.1. The predicted octanol–water partition coefficient (Wildman–Crippen LogP) is 2.74. The summed E-state index contributed by atoms with van der Waals surface area (Å²) in [5.74, 6) is -0.835. The average molecular weight is 392 g/mol. The van der Waals surface area contributed by atoms with Gasteiger partial charge in [0.1, 0.15) is 6.61 Å². The van der Waals surface area contributed by atoms with Gasteiger partial charge < -0.3 is 9.84 Å². The fourth-order valence-corrected chi connectivity index (χ4v) is 3.71. The van der Waals surface area contributed by atoms with Crippen molar-refractivity contribution in [3.8, 4) is 0 Å². The van der Waals surface area contributed by atoms with Crippen molar-refractivity contribution in [2.45, 2.75) is 12.2 Å². The van der Waals surface area contributed by atoms with Crippen molar-refractivity contribution in [3.05, 3.63) is 105 Å². The van der Waals surface area contributed by atoms with E-state index in [0.717, 1.165) is 0 Å². The summed E-state index contributed by atoms with van der Waals surface area (Å²) >= 11 is 1.31. The third-order valence-electron chi connectivity index (χ3n) is 4.39. The van der Waals surface area contributed by atoms with Crippen molar-refractivity contribution in [1.82, 2.24) is 9.38 Å². The lowest BCUT2D eigenvalue weighted by Gasteiger charge is -2.27. The molecule has 140 valence electrons. The maximum Gasteiger partial charge on any atom is 0.348 e. The van der Waals surface area contributed by atoms with Gasteiger partial charge in [0.05, 0.1) is 5.69 Å². The van der Waals surface area contributed by atoms with E-state index in [-0.39, 0.29) is 12.2 Å². The number of ether oxygens (including phenoxy) is 1. The highest BCUT2D eigenvalue weighted by Crippen LogP contribution is 2.31. The van der Waals surface area contributed by atoms with E-state index in [4.69, 9.17) is 4.74 Å². The van der Waals surface area contributed by atoms with Crippen LogP contribution in [0.3, 0.4) is 0 Å². The van der Waals surface area contributed by atoms with Gasteiger partial charge in [-0.1, -0.05) is 60.7 Å². The molecule has 2 heterocycles. The molecule has 2 aromatic carbocycles. The van der Waals surface area contributed by atoms with Crippen LogP contribution in [0.2, 0.25) is 0 Å². The van der Waals surface area contributed by atoms with E-state index < -0.39 is 11.6 Å². The summed E-state index contributed by atoms with van der Waals surface area (Å²) in [4.78, 5) is 29.9. The normalized spacial score (nSPS) is 11.5. The number of hydrogen-bond acceptors (Lipinski definition) is 6. The first-order chi connectivity index (χ1) is 13.6.